The summed E-state index contributed by atoms with van der Waals surface area (Å²) >= 11 is 0.825. The second-order valence-electron chi connectivity index (χ2n) is 7.32. The molecule has 0 amide bonds. The predicted molar refractivity (Wildman–Crippen MR) is 127 cm³/mol. The van der Waals surface area contributed by atoms with Gasteiger partial charge in [0.1, 0.15) is 10.5 Å². The molecule has 1 aromatic carbocycles. The molecule has 0 spiro atoms. The summed E-state index contributed by atoms with van der Waals surface area (Å²) < 4.78 is 91.7. The number of thiophene rings is 1. The normalized spacial score (nSPS) is 14.0. The first-order chi connectivity index (χ1) is 16.8. The molecule has 0 saturated carbocycles. The van der Waals surface area contributed by atoms with Gasteiger partial charge in [0.05, 0.1) is 13.2 Å². The van der Waals surface area contributed by atoms with Gasteiger partial charge in [-0.05, 0) is 44.0 Å². The third-order valence-corrected chi connectivity index (χ3v) is 8.92. The summed E-state index contributed by atoms with van der Waals surface area (Å²) in [5.74, 6) is -2.20. The second kappa shape index (κ2) is 12.5. The third kappa shape index (κ3) is 8.03. The molecule has 2 rings (SSSR count). The zero-order valence-corrected chi connectivity index (χ0v) is 21.7. The molecule has 0 bridgehead atoms. The number of halogens is 3. The number of ether oxygens (including phenoxy) is 2. The van der Waals surface area contributed by atoms with E-state index in [-0.39, 0.29) is 23.8 Å². The van der Waals surface area contributed by atoms with Crippen molar-refractivity contribution in [2.24, 2.45) is 11.5 Å². The molecule has 17 heteroatoms. The molecule has 1 unspecified atom stereocenters. The van der Waals surface area contributed by atoms with Crippen molar-refractivity contribution in [3.05, 3.63) is 17.7 Å². The number of hydrogen-bond acceptors (Lipinski definition) is 10. The van der Waals surface area contributed by atoms with Gasteiger partial charge in [-0.1, -0.05) is 6.92 Å². The van der Waals surface area contributed by atoms with Crippen molar-refractivity contribution in [1.29, 1.82) is 0 Å². The van der Waals surface area contributed by atoms with E-state index in [1.54, 1.807) is 23.8 Å². The van der Waals surface area contributed by atoms with Gasteiger partial charge in [0, 0.05) is 16.2 Å². The van der Waals surface area contributed by atoms with Crippen LogP contribution in [-0.2, 0) is 30.3 Å². The Morgan fingerprint density at radius 2 is 1.69 bits per heavy atom. The summed E-state index contributed by atoms with van der Waals surface area (Å²) in [5, 5.41) is 0.521. The van der Waals surface area contributed by atoms with Crippen LogP contribution >= 0.6 is 18.9 Å². The summed E-state index contributed by atoms with van der Waals surface area (Å²) in [5.41, 5.74) is 11.3. The fourth-order valence-corrected chi connectivity index (χ4v) is 7.28. The summed E-state index contributed by atoms with van der Waals surface area (Å²) in [4.78, 5) is 20.4. The maximum Gasteiger partial charge on any atom is 0.491 e. The highest BCUT2D eigenvalue weighted by molar-refractivity contribution is 7.92. The van der Waals surface area contributed by atoms with Crippen LogP contribution in [0.4, 0.5) is 13.2 Å². The number of carbonyl (C=O) groups excluding carboxylic acids is 1. The van der Waals surface area contributed by atoms with Gasteiger partial charge in [-0.3, -0.25) is 0 Å². The van der Waals surface area contributed by atoms with Gasteiger partial charge in [-0.2, -0.15) is 17.9 Å². The highest BCUT2D eigenvalue weighted by Crippen LogP contribution is 2.45. The van der Waals surface area contributed by atoms with Gasteiger partial charge >= 0.3 is 19.7 Å². The van der Waals surface area contributed by atoms with E-state index in [1.165, 1.54) is 0 Å². The fraction of sp³-hybridized carbons (Fsp3) is 0.526. The van der Waals surface area contributed by atoms with Crippen LogP contribution in [0, 0.1) is 0 Å². The largest absolute Gasteiger partial charge is 0.491 e. The number of rotatable bonds is 14. The van der Waals surface area contributed by atoms with E-state index in [0.717, 1.165) is 11.3 Å². The number of hydrogen-bond donors (Lipinski definition) is 4. The van der Waals surface area contributed by atoms with Crippen LogP contribution in [0.3, 0.4) is 0 Å². The minimum atomic E-state index is -5.52. The molecule has 0 saturated heterocycles. The Bertz CT molecular complexity index is 1220. The molecule has 0 aliphatic heterocycles. The van der Waals surface area contributed by atoms with Gasteiger partial charge < -0.3 is 30.4 Å². The molecule has 1 atom stereocenters. The molecule has 11 nitrogen and oxygen atoms in total. The topological polar surface area (TPSA) is 180 Å². The van der Waals surface area contributed by atoms with Crippen LogP contribution in [0.1, 0.15) is 25.3 Å². The van der Waals surface area contributed by atoms with Crippen molar-refractivity contribution in [2.45, 2.75) is 36.6 Å². The van der Waals surface area contributed by atoms with Gasteiger partial charge in [0.2, 0.25) is 0 Å². The number of sulfonamides is 1. The van der Waals surface area contributed by atoms with Crippen molar-refractivity contribution in [1.82, 2.24) is 4.72 Å². The second-order valence-corrected chi connectivity index (χ2v) is 12.1. The minimum absolute atomic E-state index is 0.228. The monoisotopic (exact) mass is 577 g/mol. The number of alkyl halides is 3. The van der Waals surface area contributed by atoms with Crippen LogP contribution in [0.15, 0.2) is 16.3 Å². The quantitative estimate of drug-likeness (QED) is 0.192. The molecule has 204 valence electrons. The number of nitrogens with one attached hydrogen (secondary N) is 1. The Morgan fingerprint density at radius 1 is 1.14 bits per heavy atom. The Morgan fingerprint density at radius 3 is 2.19 bits per heavy atom. The first-order valence-corrected chi connectivity index (χ1v) is 14.7. The number of carbonyl (C=O) groups is 1. The molecule has 6 N–H and O–H groups in total. The minimum Gasteiger partial charge on any atom is -0.490 e. The Labute approximate surface area is 209 Å². The van der Waals surface area contributed by atoms with Crippen molar-refractivity contribution in [3.8, 4) is 11.5 Å². The molecule has 0 aliphatic rings. The van der Waals surface area contributed by atoms with Gasteiger partial charge in [-0.25, -0.2) is 17.8 Å². The number of fused-ring (bicyclic) bond motifs is 1. The smallest absolute Gasteiger partial charge is 0.490 e. The van der Waals surface area contributed by atoms with Gasteiger partial charge in [0.15, 0.2) is 11.5 Å². The molecular formula is C19H27F3N3O8PS2. The third-order valence-electron chi connectivity index (χ3n) is 4.54. The van der Waals surface area contributed by atoms with E-state index >= 15 is 0 Å². The van der Waals surface area contributed by atoms with Crippen LogP contribution < -0.4 is 25.7 Å². The lowest BCUT2D eigenvalue weighted by Gasteiger charge is -2.14. The summed E-state index contributed by atoms with van der Waals surface area (Å²) in [6, 6.07) is 3.20. The molecule has 1 aromatic heterocycles. The standard InChI is InChI=1S/C19H27F3N3O8PS2/c1-2-12-13-9-14(31-7-3-5-23)15(32-8-4-6-24)10-16(13)35-17(12)36(29,30)25-11-34(27,28)33-18(26)19(20,21)22/h9-10,25H,2-8,11,23-24H2,1H3,(H,27,28). The van der Waals surface area contributed by atoms with E-state index in [2.05, 4.69) is 4.52 Å². The van der Waals surface area contributed by atoms with Crippen LogP contribution in [0.2, 0.25) is 0 Å². The van der Waals surface area contributed by atoms with Crippen molar-refractivity contribution in [3.63, 3.8) is 0 Å². The fourth-order valence-electron chi connectivity index (χ4n) is 2.89. The summed E-state index contributed by atoms with van der Waals surface area (Å²) in [6.07, 6.45) is -5.62. The lowest BCUT2D eigenvalue weighted by Crippen LogP contribution is -2.29. The van der Waals surface area contributed by atoms with Crippen LogP contribution in [-0.4, -0.2) is 58.0 Å². The first-order valence-electron chi connectivity index (χ1n) is 10.6. The molecule has 0 radical (unpaired) electrons. The van der Waals surface area contributed by atoms with E-state index in [0.29, 0.717) is 53.1 Å². The van der Waals surface area contributed by atoms with Gasteiger partial charge in [0.25, 0.3) is 10.0 Å². The average Bonchev–Trinajstić information content (AvgIpc) is 3.15. The lowest BCUT2D eigenvalue weighted by atomic mass is 10.1. The van der Waals surface area contributed by atoms with Crippen LogP contribution in [0.25, 0.3) is 10.1 Å². The van der Waals surface area contributed by atoms with E-state index < -0.39 is 36.1 Å². The molecular weight excluding hydrogens is 550 g/mol. The van der Waals surface area contributed by atoms with Crippen molar-refractivity contribution >= 4 is 45.0 Å². The maximum absolute atomic E-state index is 12.9. The Kier molecular flexibility index (Phi) is 10.5. The number of nitrogens with two attached hydrogens (primary N) is 2. The van der Waals surface area contributed by atoms with Crippen molar-refractivity contribution in [2.75, 3.05) is 32.6 Å². The maximum atomic E-state index is 12.9. The van der Waals surface area contributed by atoms with Crippen LogP contribution in [0.5, 0.6) is 11.5 Å². The molecule has 0 aliphatic carbocycles. The van der Waals surface area contributed by atoms with Gasteiger partial charge in [-0.15, -0.1) is 11.3 Å². The number of aryl methyl sites for hydroxylation is 1. The molecule has 2 aromatic rings. The van der Waals surface area contributed by atoms with E-state index in [9.17, 15) is 35.8 Å². The molecule has 0 fully saturated rings. The zero-order valence-electron chi connectivity index (χ0n) is 19.2. The predicted octanol–water partition coefficient (Wildman–Crippen LogP) is 2.45. The summed E-state index contributed by atoms with van der Waals surface area (Å²) in [7, 11) is -9.77. The Hall–Kier alpha value is -1.94. The Balaban J connectivity index is 2.39. The average molecular weight is 578 g/mol. The summed E-state index contributed by atoms with van der Waals surface area (Å²) in [6.45, 7) is 3.05. The highest BCUT2D eigenvalue weighted by atomic mass is 32.2. The number of benzene rings is 1. The highest BCUT2D eigenvalue weighted by Gasteiger charge is 2.45. The SMILES string of the molecule is CCc1c(S(=O)(=O)NCP(=O)(O)OC(=O)C(F)(F)F)sc2cc(OCCCN)c(OCCCN)cc12. The van der Waals surface area contributed by atoms with E-state index in [1.807, 2.05) is 0 Å². The first kappa shape index (κ1) is 30.3. The van der Waals surface area contributed by atoms with Crippen molar-refractivity contribution < 1.29 is 49.8 Å². The van der Waals surface area contributed by atoms with E-state index in [4.69, 9.17) is 20.9 Å². The molecule has 1 heterocycles. The molecule has 36 heavy (non-hydrogen) atoms. The lowest BCUT2D eigenvalue weighted by molar-refractivity contribution is -0.190. The zero-order chi connectivity index (χ0) is 27.1.